The Morgan fingerprint density at radius 2 is 2.26 bits per heavy atom. The number of rotatable bonds is 4. The number of anilines is 1. The van der Waals surface area contributed by atoms with Crippen molar-refractivity contribution in [3.05, 3.63) is 29.8 Å². The summed E-state index contributed by atoms with van der Waals surface area (Å²) >= 11 is 0. The number of likely N-dealkylation sites (N-methyl/N-ethyl adjacent to an activating group) is 1. The van der Waals surface area contributed by atoms with Crippen LogP contribution in [0.4, 0.5) is 5.69 Å². The molecule has 2 unspecified atom stereocenters. The van der Waals surface area contributed by atoms with E-state index in [-0.39, 0.29) is 18.1 Å². The van der Waals surface area contributed by atoms with Gasteiger partial charge >= 0.3 is 0 Å². The maximum atomic E-state index is 12.4. The molecule has 1 amide bonds. The second-order valence-corrected chi connectivity index (χ2v) is 5.11. The van der Waals surface area contributed by atoms with E-state index >= 15 is 0 Å². The van der Waals surface area contributed by atoms with Gasteiger partial charge in [-0.05, 0) is 44.4 Å². The van der Waals surface area contributed by atoms with Crippen LogP contribution in [-0.2, 0) is 16.1 Å². The summed E-state index contributed by atoms with van der Waals surface area (Å²) in [4.78, 5) is 14.2. The number of hydrogen-bond acceptors (Lipinski definition) is 3. The maximum Gasteiger partial charge on any atom is 0.252 e. The molecule has 1 aromatic rings. The number of carbonyl (C=O) groups excluding carboxylic acids is 1. The molecular weight excluding hydrogens is 240 g/mol. The minimum Gasteiger partial charge on any atom is -0.399 e. The Morgan fingerprint density at radius 3 is 2.84 bits per heavy atom. The van der Waals surface area contributed by atoms with Crippen LogP contribution in [-0.4, -0.2) is 29.6 Å². The number of carbonyl (C=O) groups is 1. The lowest BCUT2D eigenvalue weighted by Gasteiger charge is -2.24. The number of nitrogens with two attached hydrogens (primary N) is 1. The topological polar surface area (TPSA) is 55.6 Å². The molecule has 0 aliphatic carbocycles. The van der Waals surface area contributed by atoms with Crippen molar-refractivity contribution in [2.75, 3.05) is 12.3 Å². The van der Waals surface area contributed by atoms with Crippen LogP contribution in [0.3, 0.4) is 0 Å². The maximum absolute atomic E-state index is 12.4. The first-order valence-electron chi connectivity index (χ1n) is 6.88. The molecule has 19 heavy (non-hydrogen) atoms. The minimum atomic E-state index is -0.268. The van der Waals surface area contributed by atoms with Crippen LogP contribution < -0.4 is 5.73 Å². The molecule has 1 aliphatic heterocycles. The van der Waals surface area contributed by atoms with Gasteiger partial charge in [0.25, 0.3) is 5.91 Å². The third kappa shape index (κ3) is 3.47. The van der Waals surface area contributed by atoms with Gasteiger partial charge < -0.3 is 15.4 Å². The van der Waals surface area contributed by atoms with Crippen molar-refractivity contribution in [2.45, 2.75) is 45.4 Å². The number of nitrogens with zero attached hydrogens (tertiary/aromatic N) is 1. The van der Waals surface area contributed by atoms with E-state index in [4.69, 9.17) is 10.5 Å². The van der Waals surface area contributed by atoms with E-state index in [1.807, 2.05) is 43.0 Å². The Bertz CT molecular complexity index is 448. The smallest absolute Gasteiger partial charge is 0.252 e. The second kappa shape index (κ2) is 6.06. The second-order valence-electron chi connectivity index (χ2n) is 5.11. The molecule has 0 aromatic heterocycles. The van der Waals surface area contributed by atoms with Crippen molar-refractivity contribution in [1.82, 2.24) is 4.90 Å². The average molecular weight is 262 g/mol. The number of ether oxygens (including phenoxy) is 1. The van der Waals surface area contributed by atoms with E-state index in [0.29, 0.717) is 13.1 Å². The van der Waals surface area contributed by atoms with E-state index in [9.17, 15) is 4.79 Å². The van der Waals surface area contributed by atoms with Crippen molar-refractivity contribution in [1.29, 1.82) is 0 Å². The summed E-state index contributed by atoms with van der Waals surface area (Å²) in [5.41, 5.74) is 7.55. The van der Waals surface area contributed by atoms with E-state index in [1.165, 1.54) is 0 Å². The molecule has 1 aliphatic rings. The molecule has 2 N–H and O–H groups in total. The van der Waals surface area contributed by atoms with Crippen molar-refractivity contribution < 1.29 is 9.53 Å². The molecule has 2 atom stereocenters. The number of nitrogen functional groups attached to an aromatic ring is 1. The molecule has 0 spiro atoms. The normalized spacial score (nSPS) is 22.4. The van der Waals surface area contributed by atoms with Gasteiger partial charge in [-0.3, -0.25) is 4.79 Å². The largest absolute Gasteiger partial charge is 0.399 e. The van der Waals surface area contributed by atoms with E-state index in [0.717, 1.165) is 24.1 Å². The van der Waals surface area contributed by atoms with Crippen LogP contribution in [0.15, 0.2) is 24.3 Å². The summed E-state index contributed by atoms with van der Waals surface area (Å²) in [6.07, 6.45) is 1.72. The molecule has 1 fully saturated rings. The van der Waals surface area contributed by atoms with Gasteiger partial charge in [-0.15, -0.1) is 0 Å². The van der Waals surface area contributed by atoms with Gasteiger partial charge in [0.15, 0.2) is 0 Å². The van der Waals surface area contributed by atoms with Gasteiger partial charge in [0.1, 0.15) is 6.10 Å². The highest BCUT2D eigenvalue weighted by Gasteiger charge is 2.31. The molecular formula is C15H22N2O2. The van der Waals surface area contributed by atoms with Gasteiger partial charge in [-0.2, -0.15) is 0 Å². The van der Waals surface area contributed by atoms with Crippen molar-refractivity contribution in [3.63, 3.8) is 0 Å². The Labute approximate surface area is 114 Å². The Kier molecular flexibility index (Phi) is 4.43. The van der Waals surface area contributed by atoms with Gasteiger partial charge in [0.2, 0.25) is 0 Å². The monoisotopic (exact) mass is 262 g/mol. The van der Waals surface area contributed by atoms with Gasteiger partial charge in [-0.1, -0.05) is 12.1 Å². The van der Waals surface area contributed by atoms with Crippen LogP contribution in [0.2, 0.25) is 0 Å². The van der Waals surface area contributed by atoms with Crippen LogP contribution in [0.5, 0.6) is 0 Å². The quantitative estimate of drug-likeness (QED) is 0.846. The summed E-state index contributed by atoms with van der Waals surface area (Å²) in [7, 11) is 0. The lowest BCUT2D eigenvalue weighted by molar-refractivity contribution is -0.143. The van der Waals surface area contributed by atoms with Gasteiger partial charge in [0, 0.05) is 18.8 Å². The predicted octanol–water partition coefficient (Wildman–Crippen LogP) is 2.18. The number of benzene rings is 1. The first kappa shape index (κ1) is 13.9. The molecule has 2 rings (SSSR count). The van der Waals surface area contributed by atoms with Crippen LogP contribution in [0.1, 0.15) is 32.3 Å². The third-order valence-corrected chi connectivity index (χ3v) is 3.53. The van der Waals surface area contributed by atoms with Crippen molar-refractivity contribution >= 4 is 11.6 Å². The highest BCUT2D eigenvalue weighted by Crippen LogP contribution is 2.21. The van der Waals surface area contributed by atoms with Gasteiger partial charge in [0.05, 0.1) is 6.10 Å². The molecule has 1 heterocycles. The van der Waals surface area contributed by atoms with Crippen LogP contribution >= 0.6 is 0 Å². The summed E-state index contributed by atoms with van der Waals surface area (Å²) in [5, 5.41) is 0. The Balaban J connectivity index is 2.01. The zero-order valence-electron chi connectivity index (χ0n) is 11.6. The molecule has 104 valence electrons. The Hall–Kier alpha value is -1.55. The SMILES string of the molecule is CCN(Cc1cccc(N)c1)C(=O)C1CCC(C)O1. The highest BCUT2D eigenvalue weighted by atomic mass is 16.5. The molecule has 0 bridgehead atoms. The third-order valence-electron chi connectivity index (χ3n) is 3.53. The standard InChI is InChI=1S/C15H22N2O2/c1-3-17(10-12-5-4-6-13(16)9-12)15(18)14-8-7-11(2)19-14/h4-6,9,11,14H,3,7-8,10,16H2,1-2H3. The highest BCUT2D eigenvalue weighted by molar-refractivity contribution is 5.81. The minimum absolute atomic E-state index is 0.0919. The summed E-state index contributed by atoms with van der Waals surface area (Å²) in [6.45, 7) is 5.28. The fourth-order valence-electron chi connectivity index (χ4n) is 2.45. The molecule has 0 radical (unpaired) electrons. The van der Waals surface area contributed by atoms with Crippen LogP contribution in [0.25, 0.3) is 0 Å². The summed E-state index contributed by atoms with van der Waals surface area (Å²) in [5.74, 6) is 0.0919. The molecule has 0 saturated carbocycles. The van der Waals surface area contributed by atoms with Crippen LogP contribution in [0, 0.1) is 0 Å². The first-order valence-corrected chi connectivity index (χ1v) is 6.88. The molecule has 1 saturated heterocycles. The Morgan fingerprint density at radius 1 is 1.47 bits per heavy atom. The summed E-state index contributed by atoms with van der Waals surface area (Å²) < 4.78 is 5.65. The molecule has 4 nitrogen and oxygen atoms in total. The van der Waals surface area contributed by atoms with E-state index in [1.54, 1.807) is 0 Å². The van der Waals surface area contributed by atoms with E-state index in [2.05, 4.69) is 0 Å². The molecule has 1 aromatic carbocycles. The number of hydrogen-bond donors (Lipinski definition) is 1. The first-order chi connectivity index (χ1) is 9.10. The fourth-order valence-corrected chi connectivity index (χ4v) is 2.45. The number of amides is 1. The average Bonchev–Trinajstić information content (AvgIpc) is 2.82. The van der Waals surface area contributed by atoms with E-state index < -0.39 is 0 Å². The zero-order chi connectivity index (χ0) is 13.8. The lowest BCUT2D eigenvalue weighted by Crippen LogP contribution is -2.38. The fraction of sp³-hybridized carbons (Fsp3) is 0.533. The van der Waals surface area contributed by atoms with Crippen molar-refractivity contribution in [2.24, 2.45) is 0 Å². The van der Waals surface area contributed by atoms with Gasteiger partial charge in [-0.25, -0.2) is 0 Å². The molecule has 4 heteroatoms. The van der Waals surface area contributed by atoms with Crippen molar-refractivity contribution in [3.8, 4) is 0 Å². The predicted molar refractivity (Wildman–Crippen MR) is 75.5 cm³/mol. The summed E-state index contributed by atoms with van der Waals surface area (Å²) in [6, 6.07) is 7.67. The lowest BCUT2D eigenvalue weighted by atomic mass is 10.1. The zero-order valence-corrected chi connectivity index (χ0v) is 11.6.